The van der Waals surface area contributed by atoms with Crippen molar-refractivity contribution in [3.05, 3.63) is 44.5 Å². The summed E-state index contributed by atoms with van der Waals surface area (Å²) in [5, 5.41) is 0.588. The molecule has 25 heavy (non-hydrogen) atoms. The lowest BCUT2D eigenvalue weighted by atomic mass is 10.3. The molecule has 2 aromatic heterocycles. The standard InChI is InChI=1S/C15H14Cl2N2O3S3/c1-2-22-8-7-19-11-4-3-10(16)9-12(11)23-15(19)18-25(20,21)14-6-5-13(17)24-14/h3-6,9H,2,7-8H2,1H3. The molecule has 0 unspecified atom stereocenters. The highest BCUT2D eigenvalue weighted by molar-refractivity contribution is 7.92. The fraction of sp³-hybridized carbons (Fsp3) is 0.267. The van der Waals surface area contributed by atoms with Gasteiger partial charge in [0.1, 0.15) is 4.21 Å². The van der Waals surface area contributed by atoms with Crippen LogP contribution in [0.5, 0.6) is 0 Å². The second-order valence-electron chi connectivity index (χ2n) is 4.97. The number of aromatic nitrogens is 1. The molecule has 3 aromatic rings. The van der Waals surface area contributed by atoms with Gasteiger partial charge in [-0.05, 0) is 37.3 Å². The van der Waals surface area contributed by atoms with Crippen molar-refractivity contribution in [2.45, 2.75) is 17.7 Å². The molecule has 0 fully saturated rings. The molecule has 0 amide bonds. The molecular formula is C15H14Cl2N2O3S3. The maximum absolute atomic E-state index is 12.6. The predicted molar refractivity (Wildman–Crippen MR) is 103 cm³/mol. The van der Waals surface area contributed by atoms with E-state index in [9.17, 15) is 8.42 Å². The maximum Gasteiger partial charge on any atom is 0.294 e. The second-order valence-corrected chi connectivity index (χ2v) is 9.96. The van der Waals surface area contributed by atoms with E-state index < -0.39 is 10.0 Å². The Kier molecular flexibility index (Phi) is 5.87. The second kappa shape index (κ2) is 7.77. The molecule has 3 rings (SSSR count). The normalized spacial score (nSPS) is 13.0. The molecule has 0 atom stereocenters. The molecule has 2 heterocycles. The van der Waals surface area contributed by atoms with Gasteiger partial charge in [0.05, 0.1) is 21.2 Å². The van der Waals surface area contributed by atoms with Crippen molar-refractivity contribution in [3.63, 3.8) is 0 Å². The summed E-state index contributed by atoms with van der Waals surface area (Å²) >= 11 is 14.2. The molecule has 1 aromatic carbocycles. The van der Waals surface area contributed by atoms with Gasteiger partial charge in [-0.25, -0.2) is 0 Å². The Morgan fingerprint density at radius 3 is 2.68 bits per heavy atom. The summed E-state index contributed by atoms with van der Waals surface area (Å²) in [5.74, 6) is 0. The monoisotopic (exact) mass is 436 g/mol. The van der Waals surface area contributed by atoms with E-state index >= 15 is 0 Å². The Hall–Kier alpha value is -0.900. The smallest absolute Gasteiger partial charge is 0.294 e. The van der Waals surface area contributed by atoms with Crippen molar-refractivity contribution in [2.75, 3.05) is 13.2 Å². The molecule has 0 radical (unpaired) electrons. The van der Waals surface area contributed by atoms with Gasteiger partial charge in [-0.15, -0.1) is 15.7 Å². The number of sulfonamides is 1. The van der Waals surface area contributed by atoms with Gasteiger partial charge < -0.3 is 9.30 Å². The average molecular weight is 437 g/mol. The highest BCUT2D eigenvalue weighted by Gasteiger charge is 2.17. The van der Waals surface area contributed by atoms with Crippen LogP contribution >= 0.6 is 45.9 Å². The minimum absolute atomic E-state index is 0.115. The van der Waals surface area contributed by atoms with Crippen molar-refractivity contribution < 1.29 is 13.2 Å². The number of hydrogen-bond donors (Lipinski definition) is 0. The van der Waals surface area contributed by atoms with Crippen LogP contribution in [0.1, 0.15) is 6.92 Å². The number of nitrogens with zero attached hydrogens (tertiary/aromatic N) is 2. The van der Waals surface area contributed by atoms with Gasteiger partial charge in [0, 0.05) is 18.2 Å². The quantitative estimate of drug-likeness (QED) is 0.537. The molecule has 0 spiro atoms. The molecule has 0 aliphatic heterocycles. The zero-order valence-electron chi connectivity index (χ0n) is 13.1. The van der Waals surface area contributed by atoms with Gasteiger partial charge in [0.2, 0.25) is 4.80 Å². The van der Waals surface area contributed by atoms with Crippen molar-refractivity contribution in [1.29, 1.82) is 0 Å². The van der Waals surface area contributed by atoms with E-state index in [2.05, 4.69) is 4.40 Å². The molecule has 5 nitrogen and oxygen atoms in total. The molecule has 0 aliphatic carbocycles. The summed E-state index contributed by atoms with van der Waals surface area (Å²) in [6, 6.07) is 8.42. The zero-order chi connectivity index (χ0) is 18.0. The lowest BCUT2D eigenvalue weighted by Gasteiger charge is -2.05. The van der Waals surface area contributed by atoms with Crippen molar-refractivity contribution >= 4 is 66.1 Å². The summed E-state index contributed by atoms with van der Waals surface area (Å²) in [7, 11) is -3.83. The Bertz CT molecular complexity index is 1070. The average Bonchev–Trinajstić information content (AvgIpc) is 3.12. The minimum Gasteiger partial charge on any atom is -0.380 e. The van der Waals surface area contributed by atoms with E-state index in [1.165, 1.54) is 17.4 Å². The van der Waals surface area contributed by atoms with Crippen molar-refractivity contribution in [1.82, 2.24) is 4.57 Å². The maximum atomic E-state index is 12.6. The Morgan fingerprint density at radius 2 is 2.00 bits per heavy atom. The van der Waals surface area contributed by atoms with E-state index in [0.29, 0.717) is 33.9 Å². The number of fused-ring (bicyclic) bond motifs is 1. The largest absolute Gasteiger partial charge is 0.380 e. The van der Waals surface area contributed by atoms with Crippen LogP contribution in [0.2, 0.25) is 9.36 Å². The lowest BCUT2D eigenvalue weighted by molar-refractivity contribution is 0.139. The summed E-state index contributed by atoms with van der Waals surface area (Å²) in [4.78, 5) is 0.376. The topological polar surface area (TPSA) is 60.7 Å². The molecule has 0 saturated heterocycles. The van der Waals surface area contributed by atoms with E-state index in [4.69, 9.17) is 27.9 Å². The van der Waals surface area contributed by atoms with Crippen LogP contribution in [0.3, 0.4) is 0 Å². The molecule has 0 bridgehead atoms. The van der Waals surface area contributed by atoms with E-state index in [1.54, 1.807) is 18.2 Å². The molecule has 0 aliphatic rings. The van der Waals surface area contributed by atoms with E-state index in [-0.39, 0.29) is 4.21 Å². The third-order valence-corrected chi connectivity index (χ3v) is 7.67. The first-order valence-corrected chi connectivity index (χ1v) is 11.2. The summed E-state index contributed by atoms with van der Waals surface area (Å²) in [6.07, 6.45) is 0. The third-order valence-electron chi connectivity index (χ3n) is 3.31. The molecular weight excluding hydrogens is 423 g/mol. The van der Waals surface area contributed by atoms with Gasteiger partial charge >= 0.3 is 0 Å². The van der Waals surface area contributed by atoms with Gasteiger partial charge in [-0.3, -0.25) is 0 Å². The molecule has 0 saturated carbocycles. The number of hydrogen-bond acceptors (Lipinski definition) is 5. The lowest BCUT2D eigenvalue weighted by Crippen LogP contribution is -2.19. The molecule has 10 heteroatoms. The van der Waals surface area contributed by atoms with Crippen LogP contribution < -0.4 is 4.80 Å². The fourth-order valence-corrected chi connectivity index (χ4v) is 6.21. The van der Waals surface area contributed by atoms with Gasteiger partial charge in [0.15, 0.2) is 0 Å². The minimum atomic E-state index is -3.83. The van der Waals surface area contributed by atoms with Crippen molar-refractivity contribution in [3.8, 4) is 0 Å². The van der Waals surface area contributed by atoms with Gasteiger partial charge in [-0.1, -0.05) is 34.5 Å². The van der Waals surface area contributed by atoms with Crippen molar-refractivity contribution in [2.24, 2.45) is 4.40 Å². The SMILES string of the molecule is CCOCCn1c(=NS(=O)(=O)c2ccc(Cl)s2)sc2cc(Cl)ccc21. The number of rotatable bonds is 6. The number of thiazole rings is 1. The first-order chi connectivity index (χ1) is 11.9. The predicted octanol–water partition coefficient (Wildman–Crippen LogP) is 4.40. The van der Waals surface area contributed by atoms with Crippen LogP contribution in [-0.4, -0.2) is 26.2 Å². The van der Waals surface area contributed by atoms with Gasteiger partial charge in [0.25, 0.3) is 10.0 Å². The zero-order valence-corrected chi connectivity index (χ0v) is 17.1. The first kappa shape index (κ1) is 18.9. The summed E-state index contributed by atoms with van der Waals surface area (Å²) < 4.78 is 37.8. The number of benzene rings is 1. The first-order valence-electron chi connectivity index (χ1n) is 7.33. The fourth-order valence-electron chi connectivity index (χ4n) is 2.22. The number of halogens is 2. The molecule has 134 valence electrons. The third kappa shape index (κ3) is 4.27. The van der Waals surface area contributed by atoms with Crippen LogP contribution in [0, 0.1) is 0 Å². The molecule has 0 N–H and O–H groups in total. The van der Waals surface area contributed by atoms with Crippen LogP contribution in [0.4, 0.5) is 0 Å². The van der Waals surface area contributed by atoms with Crippen LogP contribution in [0.15, 0.2) is 38.9 Å². The van der Waals surface area contributed by atoms with Crippen LogP contribution in [0.25, 0.3) is 10.2 Å². The van der Waals surface area contributed by atoms with E-state index in [0.717, 1.165) is 21.6 Å². The number of ether oxygens (including phenoxy) is 1. The Balaban J connectivity index is 2.15. The van der Waals surface area contributed by atoms with Crippen LogP contribution in [-0.2, 0) is 21.3 Å². The van der Waals surface area contributed by atoms with Gasteiger partial charge in [-0.2, -0.15) is 8.42 Å². The summed E-state index contributed by atoms with van der Waals surface area (Å²) in [5.41, 5.74) is 0.868. The highest BCUT2D eigenvalue weighted by atomic mass is 35.5. The summed E-state index contributed by atoms with van der Waals surface area (Å²) in [6.45, 7) is 3.46. The Labute approximate surface area is 163 Å². The highest BCUT2D eigenvalue weighted by Crippen LogP contribution is 2.27. The van der Waals surface area contributed by atoms with E-state index in [1.807, 2.05) is 17.6 Å². The number of thiophene rings is 1. The Morgan fingerprint density at radius 1 is 1.20 bits per heavy atom.